The molecule has 3 nitrogen and oxygen atoms in total. The number of hydrogen-bond donors (Lipinski definition) is 1. The summed E-state index contributed by atoms with van der Waals surface area (Å²) in [5.41, 5.74) is 0.699. The maximum Gasteiger partial charge on any atom is 0.272 e. The summed E-state index contributed by atoms with van der Waals surface area (Å²) >= 11 is 5.62. The van der Waals surface area contributed by atoms with E-state index < -0.39 is 0 Å². The Hall–Kier alpha value is -1.07. The van der Waals surface area contributed by atoms with E-state index in [0.29, 0.717) is 0 Å². The molecule has 0 spiro atoms. The number of thiol groups is 1. The largest absolute Gasteiger partial charge is 0.272 e. The Bertz CT molecular complexity index is 516. The molecule has 0 unspecified atom stereocenters. The zero-order chi connectivity index (χ0) is 10.1. The number of thiophene rings is 1. The zero-order valence-electron chi connectivity index (χ0n) is 7.47. The summed E-state index contributed by atoms with van der Waals surface area (Å²) in [5, 5.41) is 4.93. The van der Waals surface area contributed by atoms with Gasteiger partial charge in [-0.15, -0.1) is 24.0 Å². The highest BCUT2D eigenvalue weighted by Crippen LogP contribution is 2.21. The maximum absolute atomic E-state index is 11.5. The van der Waals surface area contributed by atoms with Crippen LogP contribution >= 0.6 is 24.0 Å². The van der Waals surface area contributed by atoms with Crippen LogP contribution < -0.4 is 5.56 Å². The van der Waals surface area contributed by atoms with Crippen LogP contribution in [0.5, 0.6) is 0 Å². The van der Waals surface area contributed by atoms with Gasteiger partial charge in [-0.3, -0.25) is 4.79 Å². The molecule has 2 aromatic rings. The summed E-state index contributed by atoms with van der Waals surface area (Å²) in [4.78, 5) is 11.5. The van der Waals surface area contributed by atoms with Crippen molar-refractivity contribution in [2.45, 2.75) is 11.1 Å². The third-order valence-corrected chi connectivity index (χ3v) is 3.01. The molecule has 0 aromatic carbocycles. The molecule has 2 heterocycles. The fourth-order valence-electron chi connectivity index (χ4n) is 1.09. The predicted molar refractivity (Wildman–Crippen MR) is 59.7 cm³/mol. The molecule has 2 aromatic heterocycles. The average Bonchev–Trinajstić information content (AvgIpc) is 2.56. The van der Waals surface area contributed by atoms with E-state index in [-0.39, 0.29) is 5.56 Å². The normalized spacial score (nSPS) is 10.4. The quantitative estimate of drug-likeness (QED) is 0.751. The molecule has 0 N–H and O–H groups in total. The lowest BCUT2D eigenvalue weighted by Crippen LogP contribution is -2.19. The first-order chi connectivity index (χ1) is 6.66. The highest BCUT2D eigenvalue weighted by Gasteiger charge is 2.03. The number of nitrogens with zero attached hydrogens (tertiary/aromatic N) is 2. The summed E-state index contributed by atoms with van der Waals surface area (Å²) in [6, 6.07) is 6.90. The number of aryl methyl sites for hydroxylation is 1. The lowest BCUT2D eigenvalue weighted by atomic mass is 10.4. The Morgan fingerprint density at radius 2 is 2.14 bits per heavy atom. The highest BCUT2D eigenvalue weighted by atomic mass is 32.2. The molecule has 0 radical (unpaired) electrons. The summed E-state index contributed by atoms with van der Waals surface area (Å²) in [6.45, 7) is 1.85. The predicted octanol–water partition coefficient (Wildman–Crippen LogP) is 1.89. The van der Waals surface area contributed by atoms with Crippen molar-refractivity contribution in [3.63, 3.8) is 0 Å². The van der Waals surface area contributed by atoms with Crippen molar-refractivity contribution in [2.24, 2.45) is 0 Å². The Morgan fingerprint density at radius 3 is 2.79 bits per heavy atom. The second-order valence-corrected chi connectivity index (χ2v) is 4.68. The van der Waals surface area contributed by atoms with Crippen LogP contribution in [0, 0.1) is 6.92 Å². The zero-order valence-corrected chi connectivity index (χ0v) is 9.18. The molecule has 0 atom stereocenters. The van der Waals surface area contributed by atoms with Crippen molar-refractivity contribution in [1.29, 1.82) is 0 Å². The number of aromatic nitrogens is 2. The molecule has 0 bridgehead atoms. The van der Waals surface area contributed by atoms with E-state index in [9.17, 15) is 4.79 Å². The maximum atomic E-state index is 11.5. The summed E-state index contributed by atoms with van der Waals surface area (Å²) in [7, 11) is 0. The van der Waals surface area contributed by atoms with Gasteiger partial charge < -0.3 is 0 Å². The van der Waals surface area contributed by atoms with E-state index in [4.69, 9.17) is 0 Å². The molecule has 0 saturated heterocycles. The molecule has 0 fully saturated rings. The van der Waals surface area contributed by atoms with Gasteiger partial charge in [0, 0.05) is 6.07 Å². The second kappa shape index (κ2) is 3.59. The summed E-state index contributed by atoms with van der Waals surface area (Å²) < 4.78 is 2.26. The molecule has 0 aliphatic carbocycles. The van der Waals surface area contributed by atoms with Gasteiger partial charge >= 0.3 is 0 Å². The van der Waals surface area contributed by atoms with Crippen LogP contribution in [-0.2, 0) is 0 Å². The minimum Gasteiger partial charge on any atom is -0.267 e. The smallest absolute Gasteiger partial charge is 0.267 e. The average molecular weight is 224 g/mol. The van der Waals surface area contributed by atoms with Gasteiger partial charge in [0.1, 0.15) is 5.00 Å². The van der Waals surface area contributed by atoms with Gasteiger partial charge in [-0.2, -0.15) is 9.78 Å². The van der Waals surface area contributed by atoms with Gasteiger partial charge in [0.2, 0.25) is 0 Å². The molecule has 0 amide bonds. The fraction of sp³-hybridized carbons (Fsp3) is 0.111. The first-order valence-electron chi connectivity index (χ1n) is 4.03. The van der Waals surface area contributed by atoms with E-state index >= 15 is 0 Å². The topological polar surface area (TPSA) is 34.9 Å². The van der Waals surface area contributed by atoms with E-state index in [2.05, 4.69) is 17.7 Å². The number of rotatable bonds is 1. The van der Waals surface area contributed by atoms with E-state index in [1.54, 1.807) is 6.07 Å². The van der Waals surface area contributed by atoms with Crippen LogP contribution in [0.1, 0.15) is 5.69 Å². The van der Waals surface area contributed by atoms with Gasteiger partial charge in [0.25, 0.3) is 5.56 Å². The highest BCUT2D eigenvalue weighted by molar-refractivity contribution is 7.83. The molecule has 0 aliphatic rings. The van der Waals surface area contributed by atoms with Crippen molar-refractivity contribution in [3.05, 3.63) is 40.3 Å². The summed E-state index contributed by atoms with van der Waals surface area (Å²) in [6.07, 6.45) is 0. The van der Waals surface area contributed by atoms with Gasteiger partial charge in [-0.05, 0) is 25.1 Å². The van der Waals surface area contributed by atoms with Gasteiger partial charge in [0.05, 0.1) is 9.90 Å². The minimum absolute atomic E-state index is 0.120. The lowest BCUT2D eigenvalue weighted by molar-refractivity contribution is 0.797. The molecular formula is C9H8N2OS2. The van der Waals surface area contributed by atoms with Crippen LogP contribution in [0.25, 0.3) is 5.00 Å². The molecule has 72 valence electrons. The monoisotopic (exact) mass is 224 g/mol. The van der Waals surface area contributed by atoms with Crippen LogP contribution in [0.2, 0.25) is 0 Å². The Kier molecular flexibility index (Phi) is 2.43. The van der Waals surface area contributed by atoms with Crippen molar-refractivity contribution < 1.29 is 0 Å². The third-order valence-electron chi connectivity index (χ3n) is 1.72. The molecular weight excluding hydrogens is 216 g/mol. The Morgan fingerprint density at radius 1 is 1.36 bits per heavy atom. The van der Waals surface area contributed by atoms with Crippen LogP contribution in [0.3, 0.4) is 0 Å². The first-order valence-corrected chi connectivity index (χ1v) is 5.29. The van der Waals surface area contributed by atoms with E-state index in [0.717, 1.165) is 14.9 Å². The van der Waals surface area contributed by atoms with Gasteiger partial charge in [-0.25, -0.2) is 0 Å². The third kappa shape index (κ3) is 1.73. The van der Waals surface area contributed by atoms with E-state index in [1.807, 2.05) is 19.1 Å². The van der Waals surface area contributed by atoms with Crippen molar-refractivity contribution >= 4 is 24.0 Å². The second-order valence-electron chi connectivity index (χ2n) is 2.84. The fourth-order valence-corrected chi connectivity index (χ4v) is 2.15. The Labute approximate surface area is 90.4 Å². The SMILES string of the molecule is Cc1ccc(=O)n(-c2ccc(S)s2)n1. The standard InChI is InChI=1S/C9H8N2OS2/c1-6-2-3-7(12)11(10-6)8-4-5-9(13)14-8/h2-5,13H,1H3. The minimum atomic E-state index is -0.120. The van der Waals surface area contributed by atoms with Crippen molar-refractivity contribution in [1.82, 2.24) is 9.78 Å². The van der Waals surface area contributed by atoms with E-state index in [1.165, 1.54) is 22.1 Å². The summed E-state index contributed by atoms with van der Waals surface area (Å²) in [5.74, 6) is 0. The van der Waals surface area contributed by atoms with Crippen LogP contribution in [0.4, 0.5) is 0 Å². The number of hydrogen-bond acceptors (Lipinski definition) is 4. The molecule has 0 saturated carbocycles. The lowest BCUT2D eigenvalue weighted by Gasteiger charge is -2.00. The molecule has 0 aliphatic heterocycles. The molecule has 2 rings (SSSR count). The van der Waals surface area contributed by atoms with Crippen LogP contribution in [0.15, 0.2) is 33.3 Å². The van der Waals surface area contributed by atoms with Gasteiger partial charge in [-0.1, -0.05) is 0 Å². The first kappa shape index (κ1) is 9.48. The Balaban J connectivity index is 2.61. The van der Waals surface area contributed by atoms with Crippen molar-refractivity contribution in [2.75, 3.05) is 0 Å². The van der Waals surface area contributed by atoms with Crippen molar-refractivity contribution in [3.8, 4) is 5.00 Å². The molecule has 5 heteroatoms. The van der Waals surface area contributed by atoms with Gasteiger partial charge in [0.15, 0.2) is 0 Å². The molecule has 14 heavy (non-hydrogen) atoms. The van der Waals surface area contributed by atoms with Crippen LogP contribution in [-0.4, -0.2) is 9.78 Å².